The lowest BCUT2D eigenvalue weighted by molar-refractivity contribution is -0.187. The number of benzene rings is 3. The Labute approximate surface area is 231 Å². The van der Waals surface area contributed by atoms with Crippen LogP contribution < -0.4 is 5.32 Å². The fourth-order valence-corrected chi connectivity index (χ4v) is 5.32. The van der Waals surface area contributed by atoms with E-state index in [0.717, 1.165) is 34.9 Å². The van der Waals surface area contributed by atoms with Crippen molar-refractivity contribution >= 4 is 17.8 Å². The standard InChI is InChI=1S/C30H31F2N5O3/c1-20-8-10-21(11-9-20)14-26-29(39)35(17-23-15-24(31)12-13-25(23)32)18-27-36(26)28(38)19-34(2)37(27)30(40)33-16-22-6-4-3-5-7-22/h3-13,15,26-27H,14,16-19H2,1-2H3,(H,33,40)/t26-,27?/m0/s1. The first-order valence-electron chi connectivity index (χ1n) is 13.1. The van der Waals surface area contributed by atoms with Gasteiger partial charge in [-0.15, -0.1) is 0 Å². The first kappa shape index (κ1) is 27.3. The van der Waals surface area contributed by atoms with Crippen LogP contribution in [0.25, 0.3) is 0 Å². The van der Waals surface area contributed by atoms with Crippen LogP contribution in [-0.4, -0.2) is 70.0 Å². The van der Waals surface area contributed by atoms with Gasteiger partial charge in [0.25, 0.3) is 0 Å². The molecular weight excluding hydrogens is 516 g/mol. The fraction of sp³-hybridized carbons (Fsp3) is 0.300. The number of hydrazine groups is 1. The molecule has 10 heteroatoms. The summed E-state index contributed by atoms with van der Waals surface area (Å²) in [6.07, 6.45) is -0.626. The number of nitrogens with one attached hydrogen (secondary N) is 1. The Bertz CT molecular complexity index is 1400. The molecule has 0 aromatic heterocycles. The molecule has 40 heavy (non-hydrogen) atoms. The van der Waals surface area contributed by atoms with Gasteiger partial charge >= 0.3 is 6.03 Å². The molecule has 2 aliphatic heterocycles. The number of piperazine rings is 1. The number of hydrogen-bond donors (Lipinski definition) is 1. The Balaban J connectivity index is 1.47. The molecule has 8 nitrogen and oxygen atoms in total. The molecule has 0 radical (unpaired) electrons. The summed E-state index contributed by atoms with van der Waals surface area (Å²) in [5, 5.41) is 5.87. The van der Waals surface area contributed by atoms with E-state index in [9.17, 15) is 23.2 Å². The second kappa shape index (κ2) is 11.4. The van der Waals surface area contributed by atoms with Gasteiger partial charge in [-0.3, -0.25) is 9.59 Å². The summed E-state index contributed by atoms with van der Waals surface area (Å²) in [6, 6.07) is 18.8. The van der Waals surface area contributed by atoms with Gasteiger partial charge in [0.1, 0.15) is 23.8 Å². The van der Waals surface area contributed by atoms with Crippen LogP contribution in [0.5, 0.6) is 0 Å². The average Bonchev–Trinajstić information content (AvgIpc) is 2.93. The molecule has 0 spiro atoms. The summed E-state index contributed by atoms with van der Waals surface area (Å²) in [5.41, 5.74) is 2.82. The predicted octanol–water partition coefficient (Wildman–Crippen LogP) is 3.45. The Kier molecular flexibility index (Phi) is 7.79. The molecule has 2 atom stereocenters. The predicted molar refractivity (Wildman–Crippen MR) is 144 cm³/mol. The number of fused-ring (bicyclic) bond motifs is 1. The minimum absolute atomic E-state index is 0.0199. The van der Waals surface area contributed by atoms with Crippen molar-refractivity contribution in [1.29, 1.82) is 0 Å². The van der Waals surface area contributed by atoms with E-state index < -0.39 is 29.9 Å². The van der Waals surface area contributed by atoms with Gasteiger partial charge in [0.05, 0.1) is 13.1 Å². The van der Waals surface area contributed by atoms with E-state index in [1.807, 2.05) is 61.5 Å². The molecule has 3 aromatic carbocycles. The first-order chi connectivity index (χ1) is 19.2. The summed E-state index contributed by atoms with van der Waals surface area (Å²) < 4.78 is 28.6. The summed E-state index contributed by atoms with van der Waals surface area (Å²) in [7, 11) is 1.64. The summed E-state index contributed by atoms with van der Waals surface area (Å²) in [6.45, 7) is 1.87. The Morgan fingerprint density at radius 3 is 2.42 bits per heavy atom. The Morgan fingerprint density at radius 1 is 0.975 bits per heavy atom. The van der Waals surface area contributed by atoms with Gasteiger partial charge in [0, 0.05) is 32.1 Å². The van der Waals surface area contributed by atoms with Gasteiger partial charge in [0.2, 0.25) is 11.8 Å². The third-order valence-electron chi connectivity index (χ3n) is 7.35. The molecule has 2 aliphatic rings. The van der Waals surface area contributed by atoms with E-state index in [-0.39, 0.29) is 50.0 Å². The highest BCUT2D eigenvalue weighted by atomic mass is 19.1. The number of carbonyl (C=O) groups is 3. The quantitative estimate of drug-likeness (QED) is 0.513. The number of urea groups is 1. The highest BCUT2D eigenvalue weighted by molar-refractivity contribution is 5.91. The zero-order valence-corrected chi connectivity index (χ0v) is 22.4. The van der Waals surface area contributed by atoms with Crippen LogP contribution in [0.4, 0.5) is 13.6 Å². The van der Waals surface area contributed by atoms with Crippen molar-refractivity contribution in [3.8, 4) is 0 Å². The summed E-state index contributed by atoms with van der Waals surface area (Å²) >= 11 is 0. The van der Waals surface area contributed by atoms with Gasteiger partial charge in [-0.05, 0) is 36.2 Å². The van der Waals surface area contributed by atoms with E-state index in [4.69, 9.17) is 0 Å². The van der Waals surface area contributed by atoms with E-state index >= 15 is 0 Å². The lowest BCUT2D eigenvalue weighted by atomic mass is 9.97. The van der Waals surface area contributed by atoms with Crippen molar-refractivity contribution in [2.75, 3.05) is 20.1 Å². The monoisotopic (exact) mass is 547 g/mol. The van der Waals surface area contributed by atoms with Crippen molar-refractivity contribution in [2.24, 2.45) is 0 Å². The molecule has 2 fully saturated rings. The van der Waals surface area contributed by atoms with Crippen LogP contribution in [0.15, 0.2) is 72.8 Å². The minimum Gasteiger partial charge on any atom is -0.333 e. The van der Waals surface area contributed by atoms with Crippen LogP contribution >= 0.6 is 0 Å². The molecule has 0 bridgehead atoms. The number of amides is 4. The smallest absolute Gasteiger partial charge is 0.333 e. The number of hydrogen-bond acceptors (Lipinski definition) is 4. The maximum Gasteiger partial charge on any atom is 0.334 e. The molecule has 1 unspecified atom stereocenters. The second-order valence-corrected chi connectivity index (χ2v) is 10.2. The highest BCUT2D eigenvalue weighted by Crippen LogP contribution is 2.29. The molecule has 2 saturated heterocycles. The third kappa shape index (κ3) is 5.67. The van der Waals surface area contributed by atoms with Gasteiger partial charge in [0.15, 0.2) is 0 Å². The van der Waals surface area contributed by atoms with Gasteiger partial charge < -0.3 is 15.1 Å². The van der Waals surface area contributed by atoms with Gasteiger partial charge in [-0.2, -0.15) is 0 Å². The molecule has 2 heterocycles. The topological polar surface area (TPSA) is 76.2 Å². The lowest BCUT2D eigenvalue weighted by Crippen LogP contribution is -2.76. The number of likely N-dealkylation sites (N-methyl/N-ethyl adjacent to an activating group) is 1. The van der Waals surface area contributed by atoms with Crippen LogP contribution in [0, 0.1) is 18.6 Å². The highest BCUT2D eigenvalue weighted by Gasteiger charge is 2.50. The van der Waals surface area contributed by atoms with E-state index in [0.29, 0.717) is 0 Å². The lowest BCUT2D eigenvalue weighted by Gasteiger charge is -2.54. The molecule has 5 rings (SSSR count). The number of rotatable bonds is 6. The zero-order valence-electron chi connectivity index (χ0n) is 22.4. The van der Waals surface area contributed by atoms with Crippen molar-refractivity contribution in [2.45, 2.75) is 38.6 Å². The van der Waals surface area contributed by atoms with E-state index in [1.54, 1.807) is 7.05 Å². The van der Waals surface area contributed by atoms with Crippen molar-refractivity contribution in [3.63, 3.8) is 0 Å². The van der Waals surface area contributed by atoms with Crippen LogP contribution in [0.2, 0.25) is 0 Å². The van der Waals surface area contributed by atoms with Gasteiger partial charge in [-0.1, -0.05) is 60.2 Å². The van der Waals surface area contributed by atoms with Crippen molar-refractivity contribution < 1.29 is 23.2 Å². The summed E-state index contributed by atoms with van der Waals surface area (Å²) in [5.74, 6) is -1.93. The average molecular weight is 548 g/mol. The molecule has 208 valence electrons. The maximum atomic E-state index is 14.6. The number of carbonyl (C=O) groups excluding carboxylic acids is 3. The number of halogens is 2. The Morgan fingerprint density at radius 2 is 1.70 bits per heavy atom. The molecule has 4 amide bonds. The molecule has 1 N–H and O–H groups in total. The van der Waals surface area contributed by atoms with Gasteiger partial charge in [-0.25, -0.2) is 23.6 Å². The molecule has 3 aromatic rings. The van der Waals surface area contributed by atoms with Crippen molar-refractivity contribution in [1.82, 2.24) is 25.1 Å². The number of aryl methyl sites for hydroxylation is 1. The SMILES string of the molecule is Cc1ccc(C[C@H]2C(=O)N(Cc3cc(F)ccc3F)CC3N2C(=O)CN(C)N3C(=O)NCc2ccccc2)cc1. The first-order valence-corrected chi connectivity index (χ1v) is 13.1. The minimum atomic E-state index is -0.927. The molecular formula is C30H31F2N5O3. The van der Waals surface area contributed by atoms with Crippen LogP contribution in [0.1, 0.15) is 22.3 Å². The Hall–Kier alpha value is -4.31. The van der Waals surface area contributed by atoms with E-state index in [2.05, 4.69) is 5.32 Å². The third-order valence-corrected chi connectivity index (χ3v) is 7.35. The van der Waals surface area contributed by atoms with Crippen molar-refractivity contribution in [3.05, 3.63) is 107 Å². The zero-order chi connectivity index (χ0) is 28.4. The van der Waals surface area contributed by atoms with Crippen LogP contribution in [-0.2, 0) is 29.1 Å². The largest absolute Gasteiger partial charge is 0.334 e. The number of nitrogens with zero attached hydrogens (tertiary/aromatic N) is 4. The second-order valence-electron chi connectivity index (χ2n) is 10.2. The fourth-order valence-electron chi connectivity index (χ4n) is 5.32. The maximum absolute atomic E-state index is 14.6. The molecule has 0 saturated carbocycles. The van der Waals surface area contributed by atoms with Crippen LogP contribution in [0.3, 0.4) is 0 Å². The molecule has 0 aliphatic carbocycles. The summed E-state index contributed by atoms with van der Waals surface area (Å²) in [4.78, 5) is 43.6. The normalized spacial score (nSPS) is 19.6. The van der Waals surface area contributed by atoms with E-state index in [1.165, 1.54) is 19.8 Å².